The van der Waals surface area contributed by atoms with Crippen LogP contribution < -0.4 is 10.2 Å². The Morgan fingerprint density at radius 1 is 1.29 bits per heavy atom. The van der Waals surface area contributed by atoms with Crippen LogP contribution in [0.5, 0.6) is 5.75 Å². The summed E-state index contributed by atoms with van der Waals surface area (Å²) in [7, 11) is 1.57. The minimum Gasteiger partial charge on any atom is -0.495 e. The molecule has 0 saturated heterocycles. The molecule has 0 fully saturated rings. The molecule has 0 heterocycles. The van der Waals surface area contributed by atoms with Crippen molar-refractivity contribution < 1.29 is 14.5 Å². The van der Waals surface area contributed by atoms with E-state index in [1.807, 2.05) is 12.1 Å². The summed E-state index contributed by atoms with van der Waals surface area (Å²) in [5.74, 6) is 0.213. The molecular formula is C15H11I2N3O4. The number of nitro benzene ring substituents is 1. The highest BCUT2D eigenvalue weighted by molar-refractivity contribution is 14.1. The first kappa shape index (κ1) is 18.6. The molecule has 24 heavy (non-hydrogen) atoms. The van der Waals surface area contributed by atoms with Crippen molar-refractivity contribution in [1.29, 1.82) is 0 Å². The SMILES string of the molecule is COc1c(I)cc(I)cc1C=NNC(=O)c1ccc([N+](=O)[O-])cc1. The lowest BCUT2D eigenvalue weighted by atomic mass is 10.2. The first-order valence-electron chi connectivity index (χ1n) is 6.53. The molecule has 0 saturated carbocycles. The number of hydrazone groups is 1. The number of halogens is 2. The lowest BCUT2D eigenvalue weighted by molar-refractivity contribution is -0.384. The predicted octanol–water partition coefficient (Wildman–Crippen LogP) is 3.58. The fraction of sp³-hybridized carbons (Fsp3) is 0.0667. The molecule has 2 aromatic rings. The van der Waals surface area contributed by atoms with Gasteiger partial charge in [-0.15, -0.1) is 0 Å². The van der Waals surface area contributed by atoms with Crippen LogP contribution in [-0.4, -0.2) is 24.2 Å². The molecular weight excluding hydrogens is 540 g/mol. The van der Waals surface area contributed by atoms with Gasteiger partial charge in [-0.1, -0.05) is 0 Å². The Kier molecular flexibility index (Phi) is 6.48. The number of rotatable bonds is 5. The molecule has 9 heteroatoms. The van der Waals surface area contributed by atoms with E-state index >= 15 is 0 Å². The van der Waals surface area contributed by atoms with Gasteiger partial charge in [0.25, 0.3) is 11.6 Å². The molecule has 0 spiro atoms. The van der Waals surface area contributed by atoms with E-state index in [9.17, 15) is 14.9 Å². The summed E-state index contributed by atoms with van der Waals surface area (Å²) in [4.78, 5) is 22.0. The van der Waals surface area contributed by atoms with Crippen LogP contribution in [0.2, 0.25) is 0 Å². The van der Waals surface area contributed by atoms with Gasteiger partial charge >= 0.3 is 0 Å². The van der Waals surface area contributed by atoms with Gasteiger partial charge in [-0.3, -0.25) is 14.9 Å². The molecule has 0 unspecified atom stereocenters. The van der Waals surface area contributed by atoms with Crippen molar-refractivity contribution in [3.8, 4) is 5.75 Å². The first-order chi connectivity index (χ1) is 11.4. The average Bonchev–Trinajstić information content (AvgIpc) is 2.54. The summed E-state index contributed by atoms with van der Waals surface area (Å²) in [6.07, 6.45) is 1.49. The van der Waals surface area contributed by atoms with E-state index in [1.165, 1.54) is 30.5 Å². The van der Waals surface area contributed by atoms with Crippen molar-refractivity contribution >= 4 is 63.0 Å². The maximum atomic E-state index is 12.0. The third kappa shape index (κ3) is 4.63. The van der Waals surface area contributed by atoms with Crippen LogP contribution in [0.15, 0.2) is 41.5 Å². The van der Waals surface area contributed by atoms with Gasteiger partial charge in [-0.25, -0.2) is 5.43 Å². The van der Waals surface area contributed by atoms with Crippen LogP contribution in [0.25, 0.3) is 0 Å². The molecule has 0 aliphatic heterocycles. The van der Waals surface area contributed by atoms with Gasteiger partial charge in [-0.2, -0.15) is 5.10 Å². The summed E-state index contributed by atoms with van der Waals surface area (Å²) in [5.41, 5.74) is 3.32. The number of nitro groups is 1. The van der Waals surface area contributed by atoms with E-state index in [1.54, 1.807) is 7.11 Å². The number of amides is 1. The second-order valence-electron chi connectivity index (χ2n) is 4.51. The van der Waals surface area contributed by atoms with Crippen molar-refractivity contribution in [1.82, 2.24) is 5.43 Å². The highest BCUT2D eigenvalue weighted by Crippen LogP contribution is 2.26. The number of methoxy groups -OCH3 is 1. The Hall–Kier alpha value is -1.76. The van der Waals surface area contributed by atoms with Crippen molar-refractivity contribution in [3.63, 3.8) is 0 Å². The van der Waals surface area contributed by atoms with Gasteiger partial charge in [-0.05, 0) is 69.4 Å². The minimum absolute atomic E-state index is 0.0757. The van der Waals surface area contributed by atoms with E-state index in [4.69, 9.17) is 4.74 Å². The first-order valence-corrected chi connectivity index (χ1v) is 8.69. The smallest absolute Gasteiger partial charge is 0.271 e. The predicted molar refractivity (Wildman–Crippen MR) is 107 cm³/mol. The second-order valence-corrected chi connectivity index (χ2v) is 6.92. The second kappa shape index (κ2) is 8.37. The number of ether oxygens (including phenoxy) is 1. The molecule has 0 radical (unpaired) electrons. The highest BCUT2D eigenvalue weighted by atomic mass is 127. The fourth-order valence-electron chi connectivity index (χ4n) is 1.85. The van der Waals surface area contributed by atoms with E-state index in [0.29, 0.717) is 5.75 Å². The van der Waals surface area contributed by atoms with Gasteiger partial charge in [0, 0.05) is 26.8 Å². The van der Waals surface area contributed by atoms with Gasteiger partial charge in [0.1, 0.15) is 5.75 Å². The Labute approximate surface area is 164 Å². The number of hydrogen-bond donors (Lipinski definition) is 1. The summed E-state index contributed by atoms with van der Waals surface area (Å²) >= 11 is 4.34. The number of nitrogens with zero attached hydrogens (tertiary/aromatic N) is 2. The number of carbonyl (C=O) groups excluding carboxylic acids is 1. The monoisotopic (exact) mass is 551 g/mol. The maximum Gasteiger partial charge on any atom is 0.271 e. The van der Waals surface area contributed by atoms with Gasteiger partial charge < -0.3 is 4.74 Å². The van der Waals surface area contributed by atoms with E-state index in [2.05, 4.69) is 55.7 Å². The van der Waals surface area contributed by atoms with Gasteiger partial charge in [0.2, 0.25) is 0 Å². The average molecular weight is 551 g/mol. The molecule has 124 valence electrons. The van der Waals surface area contributed by atoms with Crippen molar-refractivity contribution in [2.45, 2.75) is 0 Å². The minimum atomic E-state index is -0.523. The zero-order valence-corrected chi connectivity index (χ0v) is 16.6. The normalized spacial score (nSPS) is 10.6. The van der Waals surface area contributed by atoms with Crippen LogP contribution in [0, 0.1) is 17.3 Å². The molecule has 2 aromatic carbocycles. The third-order valence-electron chi connectivity index (χ3n) is 2.95. The topological polar surface area (TPSA) is 93.8 Å². The Balaban J connectivity index is 2.11. The Morgan fingerprint density at radius 3 is 2.54 bits per heavy atom. The van der Waals surface area contributed by atoms with Crippen LogP contribution in [0.3, 0.4) is 0 Å². The zero-order chi connectivity index (χ0) is 17.7. The number of nitrogens with one attached hydrogen (secondary N) is 1. The number of hydrogen-bond acceptors (Lipinski definition) is 5. The summed E-state index contributed by atoms with van der Waals surface area (Å²) in [6, 6.07) is 9.12. The molecule has 0 aliphatic rings. The van der Waals surface area contributed by atoms with Crippen LogP contribution in [-0.2, 0) is 0 Å². The summed E-state index contributed by atoms with van der Waals surface area (Å²) in [6.45, 7) is 0. The molecule has 0 aliphatic carbocycles. The number of non-ortho nitro benzene ring substituents is 1. The highest BCUT2D eigenvalue weighted by Gasteiger charge is 2.10. The number of carbonyl (C=O) groups is 1. The van der Waals surface area contributed by atoms with Crippen molar-refractivity contribution in [2.24, 2.45) is 5.10 Å². The molecule has 1 N–H and O–H groups in total. The van der Waals surface area contributed by atoms with E-state index < -0.39 is 10.8 Å². The molecule has 7 nitrogen and oxygen atoms in total. The molecule has 1 amide bonds. The number of benzene rings is 2. The van der Waals surface area contributed by atoms with Crippen molar-refractivity contribution in [2.75, 3.05) is 7.11 Å². The van der Waals surface area contributed by atoms with Gasteiger partial charge in [0.15, 0.2) is 0 Å². The molecule has 0 bridgehead atoms. The standard InChI is InChI=1S/C15H11I2N3O4/c1-24-14-10(6-11(16)7-13(14)17)8-18-19-15(21)9-2-4-12(5-3-9)20(22)23/h2-8H,1H3,(H,19,21). The lowest BCUT2D eigenvalue weighted by Crippen LogP contribution is -2.17. The maximum absolute atomic E-state index is 12.0. The lowest BCUT2D eigenvalue weighted by Gasteiger charge is -2.07. The third-order valence-corrected chi connectivity index (χ3v) is 4.38. The Bertz CT molecular complexity index is 807. The molecule has 0 atom stereocenters. The zero-order valence-electron chi connectivity index (χ0n) is 12.3. The van der Waals surface area contributed by atoms with E-state index in [-0.39, 0.29) is 11.3 Å². The summed E-state index contributed by atoms with van der Waals surface area (Å²) < 4.78 is 7.28. The largest absolute Gasteiger partial charge is 0.495 e. The van der Waals surface area contributed by atoms with Crippen LogP contribution in [0.4, 0.5) is 5.69 Å². The van der Waals surface area contributed by atoms with Crippen LogP contribution >= 0.6 is 45.2 Å². The molecule has 0 aromatic heterocycles. The quantitative estimate of drug-likeness (QED) is 0.266. The van der Waals surface area contributed by atoms with E-state index in [0.717, 1.165) is 12.7 Å². The van der Waals surface area contributed by atoms with Crippen molar-refractivity contribution in [3.05, 3.63) is 64.8 Å². The van der Waals surface area contributed by atoms with Crippen LogP contribution in [0.1, 0.15) is 15.9 Å². The summed E-state index contributed by atoms with van der Waals surface area (Å²) in [5, 5.41) is 14.5. The fourth-order valence-corrected chi connectivity index (χ4v) is 3.96. The Morgan fingerprint density at radius 2 is 1.96 bits per heavy atom. The molecule has 2 rings (SSSR count). The van der Waals surface area contributed by atoms with Gasteiger partial charge in [0.05, 0.1) is 21.8 Å².